The van der Waals surface area contributed by atoms with Crippen molar-refractivity contribution in [3.05, 3.63) is 77.2 Å². The van der Waals surface area contributed by atoms with E-state index in [2.05, 4.69) is 4.98 Å². The number of halogens is 2. The second-order valence-electron chi connectivity index (χ2n) is 7.22. The third kappa shape index (κ3) is 4.17. The number of nitrogens with two attached hydrogens (primary N) is 1. The van der Waals surface area contributed by atoms with E-state index in [1.165, 1.54) is 0 Å². The van der Waals surface area contributed by atoms with Gasteiger partial charge in [-0.3, -0.25) is 0 Å². The number of aromatic nitrogens is 1. The van der Waals surface area contributed by atoms with Crippen LogP contribution in [0, 0.1) is 17.0 Å². The van der Waals surface area contributed by atoms with Gasteiger partial charge in [0.15, 0.2) is 0 Å². The standard InChI is InChI=1S/C21H22F2N2O/c1-21(2,13-24)12-18-19(10-14-6-4-3-5-7-14)26-20(25-18)16-11-15(22)8-9-17(16)23/h3-9,11H,10,12-13,24H2,1-2H3. The lowest BCUT2D eigenvalue weighted by atomic mass is 9.87. The minimum Gasteiger partial charge on any atom is -0.440 e. The van der Waals surface area contributed by atoms with Gasteiger partial charge in [-0.15, -0.1) is 0 Å². The number of hydrogen-bond acceptors (Lipinski definition) is 3. The van der Waals surface area contributed by atoms with Crippen LogP contribution in [0.1, 0.15) is 30.9 Å². The average molecular weight is 356 g/mol. The molecule has 3 aromatic rings. The Morgan fingerprint density at radius 3 is 2.50 bits per heavy atom. The zero-order valence-electron chi connectivity index (χ0n) is 14.9. The maximum absolute atomic E-state index is 14.1. The summed E-state index contributed by atoms with van der Waals surface area (Å²) < 4.78 is 33.6. The minimum atomic E-state index is -0.566. The maximum atomic E-state index is 14.1. The van der Waals surface area contributed by atoms with Crippen LogP contribution in [-0.4, -0.2) is 11.5 Å². The van der Waals surface area contributed by atoms with Crippen LogP contribution in [0.3, 0.4) is 0 Å². The molecule has 3 rings (SSSR count). The van der Waals surface area contributed by atoms with E-state index in [1.807, 2.05) is 44.2 Å². The first kappa shape index (κ1) is 18.3. The summed E-state index contributed by atoms with van der Waals surface area (Å²) >= 11 is 0. The molecule has 1 heterocycles. The van der Waals surface area contributed by atoms with Crippen LogP contribution < -0.4 is 5.73 Å². The predicted octanol–water partition coefficient (Wildman–Crippen LogP) is 4.74. The Hall–Kier alpha value is -2.53. The van der Waals surface area contributed by atoms with Crippen LogP contribution in [0.15, 0.2) is 52.9 Å². The fourth-order valence-corrected chi connectivity index (χ4v) is 2.74. The van der Waals surface area contributed by atoms with E-state index in [4.69, 9.17) is 10.2 Å². The minimum absolute atomic E-state index is 0.0242. The number of nitrogens with zero attached hydrogens (tertiary/aromatic N) is 1. The van der Waals surface area contributed by atoms with Gasteiger partial charge in [0.25, 0.3) is 0 Å². The second-order valence-corrected chi connectivity index (χ2v) is 7.22. The molecule has 1 aromatic heterocycles. The first-order chi connectivity index (χ1) is 12.4. The van der Waals surface area contributed by atoms with Crippen molar-refractivity contribution in [2.45, 2.75) is 26.7 Å². The molecule has 26 heavy (non-hydrogen) atoms. The summed E-state index contributed by atoms with van der Waals surface area (Å²) in [6.07, 6.45) is 1.12. The number of rotatable bonds is 6. The van der Waals surface area contributed by atoms with Crippen LogP contribution in [0.5, 0.6) is 0 Å². The van der Waals surface area contributed by atoms with Crippen molar-refractivity contribution in [1.29, 1.82) is 0 Å². The molecule has 0 radical (unpaired) electrons. The molecular formula is C21H22F2N2O. The number of hydrogen-bond donors (Lipinski definition) is 1. The largest absolute Gasteiger partial charge is 0.440 e. The van der Waals surface area contributed by atoms with Crippen LogP contribution in [0.2, 0.25) is 0 Å². The number of benzene rings is 2. The van der Waals surface area contributed by atoms with Crippen LogP contribution in [0.25, 0.3) is 11.5 Å². The van der Waals surface area contributed by atoms with Gasteiger partial charge < -0.3 is 10.2 Å². The Bertz CT molecular complexity index is 888. The molecule has 0 saturated carbocycles. The van der Waals surface area contributed by atoms with E-state index in [1.54, 1.807) is 0 Å². The highest BCUT2D eigenvalue weighted by Crippen LogP contribution is 2.30. The van der Waals surface area contributed by atoms with Crippen molar-refractivity contribution in [2.24, 2.45) is 11.1 Å². The molecule has 2 N–H and O–H groups in total. The molecule has 136 valence electrons. The van der Waals surface area contributed by atoms with Gasteiger partial charge in [0, 0.05) is 6.42 Å². The topological polar surface area (TPSA) is 52.0 Å². The van der Waals surface area contributed by atoms with Gasteiger partial charge in [0.05, 0.1) is 11.3 Å². The van der Waals surface area contributed by atoms with Crippen molar-refractivity contribution >= 4 is 0 Å². The summed E-state index contributed by atoms with van der Waals surface area (Å²) in [4.78, 5) is 4.48. The SMILES string of the molecule is CC(C)(CN)Cc1nc(-c2cc(F)ccc2F)oc1Cc1ccccc1. The first-order valence-electron chi connectivity index (χ1n) is 8.56. The predicted molar refractivity (Wildman–Crippen MR) is 97.6 cm³/mol. The van der Waals surface area contributed by atoms with Crippen LogP contribution in [0.4, 0.5) is 8.78 Å². The van der Waals surface area contributed by atoms with E-state index in [0.29, 0.717) is 25.1 Å². The molecule has 0 aliphatic carbocycles. The van der Waals surface area contributed by atoms with E-state index in [0.717, 1.165) is 29.5 Å². The summed E-state index contributed by atoms with van der Waals surface area (Å²) in [5.74, 6) is -0.358. The highest BCUT2D eigenvalue weighted by molar-refractivity contribution is 5.55. The molecule has 0 atom stereocenters. The number of oxazole rings is 1. The lowest BCUT2D eigenvalue weighted by molar-refractivity contribution is 0.369. The summed E-state index contributed by atoms with van der Waals surface area (Å²) in [6, 6.07) is 13.1. The van der Waals surface area contributed by atoms with E-state index in [-0.39, 0.29) is 16.9 Å². The molecule has 0 spiro atoms. The van der Waals surface area contributed by atoms with Crippen molar-refractivity contribution < 1.29 is 13.2 Å². The third-order valence-corrected chi connectivity index (χ3v) is 4.34. The van der Waals surface area contributed by atoms with E-state index in [9.17, 15) is 8.78 Å². The van der Waals surface area contributed by atoms with Gasteiger partial charge in [0.2, 0.25) is 5.89 Å². The fraction of sp³-hybridized carbons (Fsp3) is 0.286. The van der Waals surface area contributed by atoms with Crippen molar-refractivity contribution in [3.8, 4) is 11.5 Å². The normalized spacial score (nSPS) is 11.7. The molecule has 0 aliphatic heterocycles. The van der Waals surface area contributed by atoms with Gasteiger partial charge in [-0.2, -0.15) is 0 Å². The molecule has 0 bridgehead atoms. The lowest BCUT2D eigenvalue weighted by Gasteiger charge is -2.21. The fourth-order valence-electron chi connectivity index (χ4n) is 2.74. The summed E-state index contributed by atoms with van der Waals surface area (Å²) in [6.45, 7) is 4.56. The average Bonchev–Trinajstić information content (AvgIpc) is 2.99. The Kier molecular flexibility index (Phi) is 5.18. The lowest BCUT2D eigenvalue weighted by Crippen LogP contribution is -2.26. The van der Waals surface area contributed by atoms with Gasteiger partial charge in [0.1, 0.15) is 17.4 Å². The summed E-state index contributed by atoms with van der Waals surface area (Å²) in [5, 5.41) is 0. The summed E-state index contributed by atoms with van der Waals surface area (Å²) in [7, 11) is 0. The van der Waals surface area contributed by atoms with Gasteiger partial charge in [-0.05, 0) is 42.1 Å². The van der Waals surface area contributed by atoms with Gasteiger partial charge in [-0.1, -0.05) is 44.2 Å². The highest BCUT2D eigenvalue weighted by atomic mass is 19.1. The zero-order chi connectivity index (χ0) is 18.7. The second kappa shape index (κ2) is 7.38. The Morgan fingerprint density at radius 1 is 1.08 bits per heavy atom. The third-order valence-electron chi connectivity index (χ3n) is 4.34. The molecule has 2 aromatic carbocycles. The van der Waals surface area contributed by atoms with E-state index < -0.39 is 11.6 Å². The molecule has 0 saturated heterocycles. The Morgan fingerprint density at radius 2 is 1.81 bits per heavy atom. The molecule has 0 fully saturated rings. The smallest absolute Gasteiger partial charge is 0.229 e. The maximum Gasteiger partial charge on any atom is 0.229 e. The summed E-state index contributed by atoms with van der Waals surface area (Å²) in [5.41, 5.74) is 7.48. The molecular weight excluding hydrogens is 334 g/mol. The molecule has 0 unspecified atom stereocenters. The highest BCUT2D eigenvalue weighted by Gasteiger charge is 2.24. The van der Waals surface area contributed by atoms with Gasteiger partial charge in [-0.25, -0.2) is 13.8 Å². The molecule has 5 heteroatoms. The van der Waals surface area contributed by atoms with E-state index >= 15 is 0 Å². The van der Waals surface area contributed by atoms with Crippen LogP contribution >= 0.6 is 0 Å². The van der Waals surface area contributed by atoms with Crippen molar-refractivity contribution in [2.75, 3.05) is 6.54 Å². The van der Waals surface area contributed by atoms with Crippen molar-refractivity contribution in [1.82, 2.24) is 4.98 Å². The van der Waals surface area contributed by atoms with Crippen LogP contribution in [-0.2, 0) is 12.8 Å². The zero-order valence-corrected chi connectivity index (χ0v) is 14.9. The monoisotopic (exact) mass is 356 g/mol. The van der Waals surface area contributed by atoms with Crippen molar-refractivity contribution in [3.63, 3.8) is 0 Å². The van der Waals surface area contributed by atoms with Gasteiger partial charge >= 0.3 is 0 Å². The molecule has 0 amide bonds. The molecule has 0 aliphatic rings. The quantitative estimate of drug-likeness (QED) is 0.694. The Balaban J connectivity index is 2.03. The molecule has 3 nitrogen and oxygen atoms in total. The Labute approximate surface area is 151 Å². The first-order valence-corrected chi connectivity index (χ1v) is 8.56.